The third-order valence-corrected chi connectivity index (χ3v) is 6.22. The standard InChI is InChI=1S/C15H15Br2NO2S/c1-9(7-10-5-3-4-6-12(10)20-2)18-15(19)13-8-11(16)14(17)21-13/h3-6,8-9H,7H2,1-2H3,(H,18,19). The van der Waals surface area contributed by atoms with Crippen LogP contribution in [-0.4, -0.2) is 19.1 Å². The number of hydrogen-bond donors (Lipinski definition) is 1. The van der Waals surface area contributed by atoms with E-state index in [4.69, 9.17) is 4.74 Å². The van der Waals surface area contributed by atoms with Gasteiger partial charge in [-0.05, 0) is 62.9 Å². The molecule has 21 heavy (non-hydrogen) atoms. The molecule has 0 aliphatic rings. The van der Waals surface area contributed by atoms with E-state index in [1.807, 2.05) is 37.3 Å². The highest BCUT2D eigenvalue weighted by Crippen LogP contribution is 2.32. The fraction of sp³-hybridized carbons (Fsp3) is 0.267. The molecule has 1 unspecified atom stereocenters. The maximum atomic E-state index is 12.2. The molecule has 0 saturated carbocycles. The molecule has 1 N–H and O–H groups in total. The molecule has 0 bridgehead atoms. The van der Waals surface area contributed by atoms with Crippen molar-refractivity contribution in [3.63, 3.8) is 0 Å². The first-order valence-electron chi connectivity index (χ1n) is 6.39. The van der Waals surface area contributed by atoms with Crippen LogP contribution in [0.4, 0.5) is 0 Å². The summed E-state index contributed by atoms with van der Waals surface area (Å²) in [5, 5.41) is 3.01. The number of carbonyl (C=O) groups is 1. The van der Waals surface area contributed by atoms with Gasteiger partial charge in [-0.15, -0.1) is 11.3 Å². The molecule has 1 aromatic heterocycles. The molecule has 0 aliphatic heterocycles. The van der Waals surface area contributed by atoms with Crippen LogP contribution >= 0.6 is 43.2 Å². The predicted molar refractivity (Wildman–Crippen MR) is 93.3 cm³/mol. The van der Waals surface area contributed by atoms with Crippen LogP contribution in [-0.2, 0) is 6.42 Å². The van der Waals surface area contributed by atoms with Crippen molar-refractivity contribution >= 4 is 49.1 Å². The van der Waals surface area contributed by atoms with Gasteiger partial charge in [0.15, 0.2) is 0 Å². The summed E-state index contributed by atoms with van der Waals surface area (Å²) in [7, 11) is 1.66. The van der Waals surface area contributed by atoms with E-state index in [0.717, 1.165) is 26.0 Å². The van der Waals surface area contributed by atoms with Crippen LogP contribution in [0.25, 0.3) is 0 Å². The van der Waals surface area contributed by atoms with E-state index in [2.05, 4.69) is 37.2 Å². The maximum absolute atomic E-state index is 12.2. The van der Waals surface area contributed by atoms with E-state index >= 15 is 0 Å². The summed E-state index contributed by atoms with van der Waals surface area (Å²) in [6.07, 6.45) is 0.726. The van der Waals surface area contributed by atoms with Gasteiger partial charge in [0.2, 0.25) is 0 Å². The Morgan fingerprint density at radius 2 is 2.10 bits per heavy atom. The number of para-hydroxylation sites is 1. The molecular formula is C15H15Br2NO2S. The number of benzene rings is 1. The number of carbonyl (C=O) groups excluding carboxylic acids is 1. The molecule has 0 radical (unpaired) electrons. The summed E-state index contributed by atoms with van der Waals surface area (Å²) < 4.78 is 7.15. The van der Waals surface area contributed by atoms with E-state index in [0.29, 0.717) is 4.88 Å². The van der Waals surface area contributed by atoms with E-state index in [-0.39, 0.29) is 11.9 Å². The van der Waals surface area contributed by atoms with Crippen molar-refractivity contribution in [1.29, 1.82) is 0 Å². The molecule has 1 aromatic carbocycles. The second-order valence-electron chi connectivity index (χ2n) is 4.62. The number of methoxy groups -OCH3 is 1. The smallest absolute Gasteiger partial charge is 0.261 e. The third-order valence-electron chi connectivity index (χ3n) is 2.97. The molecule has 3 nitrogen and oxygen atoms in total. The van der Waals surface area contributed by atoms with Crippen LogP contribution in [0.15, 0.2) is 38.6 Å². The molecule has 0 aliphatic carbocycles. The van der Waals surface area contributed by atoms with Gasteiger partial charge in [-0.25, -0.2) is 0 Å². The summed E-state index contributed by atoms with van der Waals surface area (Å²) in [6, 6.07) is 9.69. The Bertz CT molecular complexity index is 623. The zero-order valence-electron chi connectivity index (χ0n) is 11.7. The second-order valence-corrected chi connectivity index (χ2v) is 7.85. The van der Waals surface area contributed by atoms with Gasteiger partial charge in [0, 0.05) is 10.5 Å². The summed E-state index contributed by atoms with van der Waals surface area (Å²) in [6.45, 7) is 1.99. The first kappa shape index (κ1) is 16.5. The fourth-order valence-corrected chi connectivity index (χ4v) is 3.94. The SMILES string of the molecule is COc1ccccc1CC(C)NC(=O)c1cc(Br)c(Br)s1. The number of thiophene rings is 1. The maximum Gasteiger partial charge on any atom is 0.261 e. The van der Waals surface area contributed by atoms with Crippen LogP contribution < -0.4 is 10.1 Å². The molecule has 0 fully saturated rings. The molecule has 1 atom stereocenters. The Hall–Kier alpha value is -0.850. The van der Waals surface area contributed by atoms with Crippen LogP contribution in [0.5, 0.6) is 5.75 Å². The van der Waals surface area contributed by atoms with Crippen LogP contribution in [0, 0.1) is 0 Å². The largest absolute Gasteiger partial charge is 0.496 e. The zero-order valence-corrected chi connectivity index (χ0v) is 15.6. The Kier molecular flexibility index (Phi) is 5.84. The second kappa shape index (κ2) is 7.42. The minimum Gasteiger partial charge on any atom is -0.496 e. The highest BCUT2D eigenvalue weighted by Gasteiger charge is 2.15. The monoisotopic (exact) mass is 431 g/mol. The normalized spacial score (nSPS) is 12.0. The zero-order chi connectivity index (χ0) is 15.4. The van der Waals surface area contributed by atoms with Crippen molar-refractivity contribution in [2.24, 2.45) is 0 Å². The van der Waals surface area contributed by atoms with Crippen molar-refractivity contribution in [2.75, 3.05) is 7.11 Å². The summed E-state index contributed by atoms with van der Waals surface area (Å²) in [5.74, 6) is 0.786. The van der Waals surface area contributed by atoms with Gasteiger partial charge in [0.05, 0.1) is 15.8 Å². The fourth-order valence-electron chi connectivity index (χ4n) is 2.01. The average molecular weight is 433 g/mol. The molecule has 2 aromatic rings. The highest BCUT2D eigenvalue weighted by molar-refractivity contribution is 9.13. The molecule has 6 heteroatoms. The average Bonchev–Trinajstić information content (AvgIpc) is 2.79. The number of amides is 1. The molecule has 1 heterocycles. The summed E-state index contributed by atoms with van der Waals surface area (Å²) >= 11 is 8.20. The lowest BCUT2D eigenvalue weighted by Crippen LogP contribution is -2.33. The highest BCUT2D eigenvalue weighted by atomic mass is 79.9. The van der Waals surface area contributed by atoms with Gasteiger partial charge in [-0.3, -0.25) is 4.79 Å². The minimum atomic E-state index is -0.0613. The van der Waals surface area contributed by atoms with E-state index in [1.165, 1.54) is 11.3 Å². The lowest BCUT2D eigenvalue weighted by atomic mass is 10.1. The van der Waals surface area contributed by atoms with Gasteiger partial charge in [-0.2, -0.15) is 0 Å². The lowest BCUT2D eigenvalue weighted by Gasteiger charge is -2.15. The molecule has 1 amide bonds. The van der Waals surface area contributed by atoms with Crippen LogP contribution in [0.2, 0.25) is 0 Å². The number of halogens is 2. The quantitative estimate of drug-likeness (QED) is 0.747. The Balaban J connectivity index is 2.01. The Labute approximate surface area is 145 Å². The first-order valence-corrected chi connectivity index (χ1v) is 8.79. The van der Waals surface area contributed by atoms with Crippen molar-refractivity contribution in [3.8, 4) is 5.75 Å². The van der Waals surface area contributed by atoms with Gasteiger partial charge < -0.3 is 10.1 Å². The first-order chi connectivity index (χ1) is 10.0. The molecule has 0 spiro atoms. The Morgan fingerprint density at radius 1 is 1.38 bits per heavy atom. The third kappa shape index (κ3) is 4.31. The summed E-state index contributed by atoms with van der Waals surface area (Å²) in [4.78, 5) is 12.9. The predicted octanol–water partition coefficient (Wildman–Crippen LogP) is 4.64. The Morgan fingerprint density at radius 3 is 2.71 bits per heavy atom. The van der Waals surface area contributed by atoms with Gasteiger partial charge >= 0.3 is 0 Å². The van der Waals surface area contributed by atoms with Gasteiger partial charge in [-0.1, -0.05) is 18.2 Å². The minimum absolute atomic E-state index is 0.0217. The number of nitrogens with one attached hydrogen (secondary N) is 1. The van der Waals surface area contributed by atoms with Crippen LogP contribution in [0.1, 0.15) is 22.2 Å². The van der Waals surface area contributed by atoms with Crippen molar-refractivity contribution < 1.29 is 9.53 Å². The van der Waals surface area contributed by atoms with Crippen molar-refractivity contribution in [3.05, 3.63) is 49.0 Å². The lowest BCUT2D eigenvalue weighted by molar-refractivity contribution is 0.0944. The van der Waals surface area contributed by atoms with Crippen molar-refractivity contribution in [1.82, 2.24) is 5.32 Å². The van der Waals surface area contributed by atoms with Crippen LogP contribution in [0.3, 0.4) is 0 Å². The summed E-state index contributed by atoms with van der Waals surface area (Å²) in [5.41, 5.74) is 1.08. The van der Waals surface area contributed by atoms with E-state index in [9.17, 15) is 4.79 Å². The number of hydrogen-bond acceptors (Lipinski definition) is 3. The van der Waals surface area contributed by atoms with Gasteiger partial charge in [0.25, 0.3) is 5.91 Å². The molecule has 0 saturated heterocycles. The molecular weight excluding hydrogens is 418 g/mol. The number of rotatable bonds is 5. The van der Waals surface area contributed by atoms with Gasteiger partial charge in [0.1, 0.15) is 5.75 Å². The van der Waals surface area contributed by atoms with E-state index in [1.54, 1.807) is 7.11 Å². The topological polar surface area (TPSA) is 38.3 Å². The number of ether oxygens (including phenoxy) is 1. The molecule has 112 valence electrons. The van der Waals surface area contributed by atoms with E-state index < -0.39 is 0 Å². The molecule has 2 rings (SSSR count). The van der Waals surface area contributed by atoms with Crippen molar-refractivity contribution in [2.45, 2.75) is 19.4 Å².